The van der Waals surface area contributed by atoms with Crippen LogP contribution in [0.25, 0.3) is 10.9 Å². The molecule has 3 aromatic rings. The minimum Gasteiger partial charge on any atom is -0.379 e. The molecule has 2 saturated heterocycles. The predicted molar refractivity (Wildman–Crippen MR) is 133 cm³/mol. The fourth-order valence-electron chi connectivity index (χ4n) is 4.77. The molecule has 1 aromatic heterocycles. The topological polar surface area (TPSA) is 94.7 Å². The van der Waals surface area contributed by atoms with E-state index in [9.17, 15) is 13.2 Å². The molecule has 0 aliphatic carbocycles. The third-order valence-corrected chi connectivity index (χ3v) is 8.47. The van der Waals surface area contributed by atoms with Gasteiger partial charge in [-0.05, 0) is 49.1 Å². The van der Waals surface area contributed by atoms with Crippen LogP contribution in [0.4, 0.5) is 11.4 Å². The average molecular weight is 483 g/mol. The quantitative estimate of drug-likeness (QED) is 0.562. The average Bonchev–Trinajstić information content (AvgIpc) is 3.27. The molecule has 0 radical (unpaired) electrons. The second-order valence-electron chi connectivity index (χ2n) is 8.83. The van der Waals surface area contributed by atoms with Crippen LogP contribution in [0, 0.1) is 0 Å². The summed E-state index contributed by atoms with van der Waals surface area (Å²) in [4.78, 5) is 18.7. The summed E-state index contributed by atoms with van der Waals surface area (Å²) in [5.41, 5.74) is 3.30. The Bertz CT molecular complexity index is 1280. The van der Waals surface area contributed by atoms with Crippen molar-refractivity contribution in [2.45, 2.75) is 30.6 Å². The van der Waals surface area contributed by atoms with Crippen molar-refractivity contribution in [3.8, 4) is 0 Å². The van der Waals surface area contributed by atoms with Crippen LogP contribution in [0.15, 0.2) is 53.6 Å². The number of benzene rings is 2. The zero-order valence-electron chi connectivity index (χ0n) is 19.1. The first kappa shape index (κ1) is 22.9. The number of carbonyl (C=O) groups is 1. The number of amides is 1. The lowest BCUT2D eigenvalue weighted by atomic mass is 10.1. The maximum absolute atomic E-state index is 13.3. The Labute approximate surface area is 199 Å². The highest BCUT2D eigenvalue weighted by Gasteiger charge is 2.28. The maximum Gasteiger partial charge on any atom is 0.243 e. The Morgan fingerprint density at radius 2 is 1.76 bits per heavy atom. The second kappa shape index (κ2) is 9.77. The highest BCUT2D eigenvalue weighted by atomic mass is 32.2. The fraction of sp³-hybridized carbons (Fsp3) is 0.400. The molecule has 2 aliphatic heterocycles. The summed E-state index contributed by atoms with van der Waals surface area (Å²) < 4.78 is 33.3. The monoisotopic (exact) mass is 482 g/mol. The van der Waals surface area contributed by atoms with E-state index >= 15 is 0 Å². The van der Waals surface area contributed by atoms with E-state index in [1.165, 1.54) is 10.7 Å². The Morgan fingerprint density at radius 3 is 2.56 bits per heavy atom. The summed E-state index contributed by atoms with van der Waals surface area (Å²) in [7, 11) is -3.67. The zero-order valence-corrected chi connectivity index (χ0v) is 19.9. The number of morpholine rings is 1. The van der Waals surface area contributed by atoms with E-state index in [4.69, 9.17) is 4.74 Å². The third kappa shape index (κ3) is 4.68. The summed E-state index contributed by atoms with van der Waals surface area (Å²) in [5, 5.41) is 4.04. The van der Waals surface area contributed by atoms with Crippen molar-refractivity contribution < 1.29 is 17.9 Å². The van der Waals surface area contributed by atoms with Crippen LogP contribution in [-0.2, 0) is 26.0 Å². The van der Waals surface area contributed by atoms with E-state index in [1.807, 2.05) is 36.5 Å². The molecule has 2 aromatic carbocycles. The summed E-state index contributed by atoms with van der Waals surface area (Å²) in [6.45, 7) is 3.22. The first-order chi connectivity index (χ1) is 16.5. The number of hydrogen-bond acceptors (Lipinski definition) is 5. The molecule has 2 fully saturated rings. The van der Waals surface area contributed by atoms with Crippen LogP contribution < -0.4 is 10.2 Å². The molecule has 2 aliphatic rings. The second-order valence-corrected chi connectivity index (χ2v) is 10.8. The smallest absolute Gasteiger partial charge is 0.243 e. The lowest BCUT2D eigenvalue weighted by Gasteiger charge is -2.31. The number of H-pyrrole nitrogens is 1. The Kier molecular flexibility index (Phi) is 6.58. The summed E-state index contributed by atoms with van der Waals surface area (Å²) in [6.07, 6.45) is 5.40. The molecule has 8 nitrogen and oxygen atoms in total. The Hall–Kier alpha value is -2.88. The van der Waals surface area contributed by atoms with Gasteiger partial charge in [-0.1, -0.05) is 18.2 Å². The number of anilines is 2. The molecule has 0 unspecified atom stereocenters. The number of piperidine rings is 1. The third-order valence-electron chi connectivity index (χ3n) is 6.57. The van der Waals surface area contributed by atoms with Gasteiger partial charge < -0.3 is 19.9 Å². The van der Waals surface area contributed by atoms with Crippen LogP contribution in [0.3, 0.4) is 0 Å². The number of sulfonamides is 1. The van der Waals surface area contributed by atoms with Gasteiger partial charge in [0.2, 0.25) is 15.9 Å². The van der Waals surface area contributed by atoms with Crippen LogP contribution in [0.2, 0.25) is 0 Å². The Balaban J connectivity index is 1.44. The summed E-state index contributed by atoms with van der Waals surface area (Å²) in [6, 6.07) is 13.0. The first-order valence-corrected chi connectivity index (χ1v) is 13.3. The number of nitrogens with one attached hydrogen (secondary N) is 2. The molecule has 1 amide bonds. The van der Waals surface area contributed by atoms with Gasteiger partial charge >= 0.3 is 0 Å². The van der Waals surface area contributed by atoms with Gasteiger partial charge in [-0.25, -0.2) is 8.42 Å². The van der Waals surface area contributed by atoms with Crippen molar-refractivity contribution in [1.29, 1.82) is 0 Å². The van der Waals surface area contributed by atoms with E-state index in [-0.39, 0.29) is 17.2 Å². The zero-order chi connectivity index (χ0) is 23.5. The van der Waals surface area contributed by atoms with E-state index in [2.05, 4.69) is 15.2 Å². The lowest BCUT2D eigenvalue weighted by Crippen LogP contribution is -2.40. The van der Waals surface area contributed by atoms with Crippen molar-refractivity contribution in [1.82, 2.24) is 9.29 Å². The molecule has 5 rings (SSSR count). The molecule has 3 heterocycles. The number of para-hydroxylation sites is 1. The minimum atomic E-state index is -3.67. The van der Waals surface area contributed by atoms with E-state index in [0.717, 1.165) is 48.1 Å². The first-order valence-electron chi connectivity index (χ1n) is 11.8. The van der Waals surface area contributed by atoms with Gasteiger partial charge in [0.25, 0.3) is 0 Å². The van der Waals surface area contributed by atoms with Crippen LogP contribution in [-0.4, -0.2) is 63.0 Å². The van der Waals surface area contributed by atoms with Crippen LogP contribution in [0.1, 0.15) is 24.8 Å². The number of carbonyl (C=O) groups excluding carboxylic acids is 1. The van der Waals surface area contributed by atoms with E-state index in [0.29, 0.717) is 32.0 Å². The molecular weight excluding hydrogens is 452 g/mol. The fourth-order valence-corrected chi connectivity index (χ4v) is 6.20. The van der Waals surface area contributed by atoms with Crippen molar-refractivity contribution in [2.24, 2.45) is 0 Å². The molecule has 0 atom stereocenters. The summed E-state index contributed by atoms with van der Waals surface area (Å²) in [5.74, 6) is -0.177. The van der Waals surface area contributed by atoms with Crippen molar-refractivity contribution >= 4 is 38.2 Å². The molecule has 9 heteroatoms. The maximum atomic E-state index is 13.3. The van der Waals surface area contributed by atoms with E-state index in [1.54, 1.807) is 12.1 Å². The van der Waals surface area contributed by atoms with Gasteiger partial charge in [-0.2, -0.15) is 4.31 Å². The molecule has 2 N–H and O–H groups in total. The van der Waals surface area contributed by atoms with Gasteiger partial charge in [0, 0.05) is 43.3 Å². The van der Waals surface area contributed by atoms with E-state index < -0.39 is 10.0 Å². The van der Waals surface area contributed by atoms with Gasteiger partial charge in [0.15, 0.2) is 0 Å². The molecule has 180 valence electrons. The van der Waals surface area contributed by atoms with Crippen molar-refractivity contribution in [3.63, 3.8) is 0 Å². The highest BCUT2D eigenvalue weighted by Crippen LogP contribution is 2.32. The van der Waals surface area contributed by atoms with Gasteiger partial charge in [-0.3, -0.25) is 4.79 Å². The summed E-state index contributed by atoms with van der Waals surface area (Å²) >= 11 is 0. The number of aromatic amines is 1. The van der Waals surface area contributed by atoms with Crippen molar-refractivity contribution in [3.05, 3.63) is 54.2 Å². The molecule has 0 saturated carbocycles. The number of aromatic nitrogens is 1. The molecule has 0 spiro atoms. The Morgan fingerprint density at radius 1 is 1.00 bits per heavy atom. The normalized spacial score (nSPS) is 17.7. The number of fused-ring (bicyclic) bond motifs is 1. The molecule has 34 heavy (non-hydrogen) atoms. The van der Waals surface area contributed by atoms with Gasteiger partial charge in [-0.15, -0.1) is 0 Å². The molecular formula is C25H30N4O4S. The lowest BCUT2D eigenvalue weighted by molar-refractivity contribution is -0.115. The number of hydrogen-bond donors (Lipinski definition) is 2. The van der Waals surface area contributed by atoms with Gasteiger partial charge in [0.05, 0.1) is 35.9 Å². The highest BCUT2D eigenvalue weighted by molar-refractivity contribution is 7.89. The standard InChI is InChI=1S/C25H30N4O4S/c30-25(16-19-18-26-22-7-3-2-6-21(19)22)27-23-17-20(34(31,32)29-12-14-33-15-13-29)8-9-24(23)28-10-4-1-5-11-28/h2-3,6-9,17-18,26H,1,4-5,10-16H2,(H,27,30). The minimum absolute atomic E-state index is 0.177. The number of rotatable bonds is 6. The van der Waals surface area contributed by atoms with Crippen LogP contribution in [0.5, 0.6) is 0 Å². The van der Waals surface area contributed by atoms with Crippen molar-refractivity contribution in [2.75, 3.05) is 49.6 Å². The van der Waals surface area contributed by atoms with Gasteiger partial charge in [0.1, 0.15) is 0 Å². The number of nitrogens with zero attached hydrogens (tertiary/aromatic N) is 2. The predicted octanol–water partition coefficient (Wildman–Crippen LogP) is 3.36. The molecule has 0 bridgehead atoms. The largest absolute Gasteiger partial charge is 0.379 e. The van der Waals surface area contributed by atoms with Crippen LogP contribution >= 0.6 is 0 Å². The SMILES string of the molecule is O=C(Cc1c[nH]c2ccccc12)Nc1cc(S(=O)(=O)N2CCOCC2)ccc1N1CCCCC1. The number of ether oxygens (including phenoxy) is 1.